The molecule has 1 aliphatic rings. The molecule has 0 N–H and O–H groups in total. The number of nitrogens with zero attached hydrogens (tertiary/aromatic N) is 2. The largest absolute Gasteiger partial charge is 0.490 e. The highest BCUT2D eigenvalue weighted by Crippen LogP contribution is 2.34. The van der Waals surface area contributed by atoms with Crippen LogP contribution in [0.1, 0.15) is 26.7 Å². The fraction of sp³-hybridized carbons (Fsp3) is 0.360. The Morgan fingerprint density at radius 2 is 1.76 bits per heavy atom. The molecule has 5 nitrogen and oxygen atoms in total. The fourth-order valence-electron chi connectivity index (χ4n) is 3.87. The van der Waals surface area contributed by atoms with Gasteiger partial charge in [-0.25, -0.2) is 4.79 Å². The first-order valence-electron chi connectivity index (χ1n) is 10.7. The maximum atomic E-state index is 12.1. The first kappa shape index (κ1) is 27.1. The van der Waals surface area contributed by atoms with Crippen LogP contribution in [0.3, 0.4) is 0 Å². The third-order valence-electron chi connectivity index (χ3n) is 5.46. The Morgan fingerprint density at radius 1 is 1.06 bits per heavy atom. The van der Waals surface area contributed by atoms with E-state index in [2.05, 4.69) is 53.7 Å². The Hall–Kier alpha value is -2.15. The van der Waals surface area contributed by atoms with Crippen LogP contribution in [-0.4, -0.2) is 47.5 Å². The Bertz CT molecular complexity index is 1060. The van der Waals surface area contributed by atoms with Gasteiger partial charge in [-0.2, -0.15) is 0 Å². The van der Waals surface area contributed by atoms with Crippen molar-refractivity contribution in [1.82, 2.24) is 9.88 Å². The zero-order chi connectivity index (χ0) is 21.8. The minimum Gasteiger partial charge on any atom is -0.490 e. The second kappa shape index (κ2) is 12.4. The van der Waals surface area contributed by atoms with E-state index in [4.69, 9.17) is 9.47 Å². The van der Waals surface area contributed by atoms with Crippen molar-refractivity contribution in [1.29, 1.82) is 0 Å². The molecule has 2 aromatic carbocycles. The number of benzene rings is 2. The summed E-state index contributed by atoms with van der Waals surface area (Å²) in [5, 5.41) is 1.01. The zero-order valence-corrected chi connectivity index (χ0v) is 21.5. The number of piperidine rings is 1. The lowest BCUT2D eigenvalue weighted by Crippen LogP contribution is -2.42. The standard InChI is InChI=1S/C25H28N2O3S.2ClH/c1-17(2)29-25(28)27-15-12-19(13-16-27)30-23-11-14-26-24-21(5-4-6-22(23)24)18-7-9-20(31-3)10-8-18;;/h4-11,14,17,19H,12-13,15-16H2,1-3H3;2*1H. The monoisotopic (exact) mass is 508 g/mol. The van der Waals surface area contributed by atoms with Crippen molar-refractivity contribution in [2.75, 3.05) is 19.3 Å². The summed E-state index contributed by atoms with van der Waals surface area (Å²) >= 11 is 1.73. The molecule has 0 radical (unpaired) electrons. The van der Waals surface area contributed by atoms with Crippen LogP contribution in [0.4, 0.5) is 4.79 Å². The van der Waals surface area contributed by atoms with E-state index in [0.29, 0.717) is 13.1 Å². The number of rotatable bonds is 5. The highest BCUT2D eigenvalue weighted by molar-refractivity contribution is 7.98. The molecule has 2 heterocycles. The summed E-state index contributed by atoms with van der Waals surface area (Å²) in [5.41, 5.74) is 3.18. The molecule has 0 saturated carbocycles. The lowest BCUT2D eigenvalue weighted by atomic mass is 10.0. The van der Waals surface area contributed by atoms with Crippen molar-refractivity contribution in [2.45, 2.75) is 43.8 Å². The highest BCUT2D eigenvalue weighted by atomic mass is 35.5. The van der Waals surface area contributed by atoms with Gasteiger partial charge in [-0.3, -0.25) is 4.98 Å². The van der Waals surface area contributed by atoms with Gasteiger partial charge in [0.2, 0.25) is 0 Å². The van der Waals surface area contributed by atoms with Gasteiger partial charge < -0.3 is 14.4 Å². The predicted molar refractivity (Wildman–Crippen MR) is 140 cm³/mol. The van der Waals surface area contributed by atoms with Gasteiger partial charge >= 0.3 is 6.09 Å². The maximum Gasteiger partial charge on any atom is 0.410 e. The maximum absolute atomic E-state index is 12.1. The predicted octanol–water partition coefficient (Wildman–Crippen LogP) is 6.86. The molecule has 1 fully saturated rings. The minimum atomic E-state index is -0.236. The van der Waals surface area contributed by atoms with Crippen molar-refractivity contribution >= 4 is 53.6 Å². The van der Waals surface area contributed by atoms with Gasteiger partial charge in [-0.15, -0.1) is 36.6 Å². The summed E-state index contributed by atoms with van der Waals surface area (Å²) in [6.45, 7) is 5.03. The number of carbonyl (C=O) groups excluding carboxylic acids is 1. The van der Waals surface area contributed by atoms with Crippen molar-refractivity contribution in [2.24, 2.45) is 0 Å². The number of para-hydroxylation sites is 1. The smallest absolute Gasteiger partial charge is 0.410 e. The number of hydrogen-bond donors (Lipinski definition) is 0. The van der Waals surface area contributed by atoms with Crippen molar-refractivity contribution in [3.05, 3.63) is 54.7 Å². The van der Waals surface area contributed by atoms with E-state index in [1.165, 1.54) is 4.90 Å². The van der Waals surface area contributed by atoms with Crippen LogP contribution in [0.5, 0.6) is 5.75 Å². The number of hydrogen-bond acceptors (Lipinski definition) is 5. The van der Waals surface area contributed by atoms with Crippen LogP contribution in [-0.2, 0) is 4.74 Å². The van der Waals surface area contributed by atoms with Gasteiger partial charge in [-0.05, 0) is 49.9 Å². The number of likely N-dealkylation sites (tertiary alicyclic amines) is 1. The number of amides is 1. The summed E-state index contributed by atoms with van der Waals surface area (Å²) < 4.78 is 11.7. The summed E-state index contributed by atoms with van der Waals surface area (Å²) in [6, 6.07) is 16.7. The molecule has 0 bridgehead atoms. The van der Waals surface area contributed by atoms with Crippen LogP contribution >= 0.6 is 36.6 Å². The second-order valence-electron chi connectivity index (χ2n) is 7.98. The van der Waals surface area contributed by atoms with Crippen LogP contribution in [0.15, 0.2) is 59.6 Å². The molecule has 4 rings (SSSR count). The fourth-order valence-corrected chi connectivity index (χ4v) is 4.28. The Balaban J connectivity index is 0.00000193. The molecule has 178 valence electrons. The van der Waals surface area contributed by atoms with E-state index in [1.807, 2.05) is 26.1 Å². The number of ether oxygens (including phenoxy) is 2. The molecular weight excluding hydrogens is 479 g/mol. The number of thioether (sulfide) groups is 1. The van der Waals surface area contributed by atoms with Crippen LogP contribution in [0.25, 0.3) is 22.0 Å². The Kier molecular flexibility index (Phi) is 10.1. The van der Waals surface area contributed by atoms with Gasteiger partial charge in [0.1, 0.15) is 11.9 Å². The van der Waals surface area contributed by atoms with Gasteiger partial charge in [-0.1, -0.05) is 24.3 Å². The normalized spacial score (nSPS) is 13.9. The summed E-state index contributed by atoms with van der Waals surface area (Å²) in [6.07, 6.45) is 5.19. The first-order chi connectivity index (χ1) is 15.0. The third-order valence-corrected chi connectivity index (χ3v) is 6.21. The van der Waals surface area contributed by atoms with Gasteiger partial charge in [0.05, 0.1) is 11.6 Å². The molecule has 1 aliphatic heterocycles. The molecule has 0 spiro atoms. The molecule has 1 saturated heterocycles. The SMILES string of the molecule is CSc1ccc(-c2cccc3c(OC4CCN(C(=O)OC(C)C)CC4)ccnc23)cc1.Cl.Cl. The van der Waals surface area contributed by atoms with Crippen LogP contribution in [0, 0.1) is 0 Å². The highest BCUT2D eigenvalue weighted by Gasteiger charge is 2.26. The Morgan fingerprint density at radius 3 is 2.39 bits per heavy atom. The quantitative estimate of drug-likeness (QED) is 0.352. The lowest BCUT2D eigenvalue weighted by molar-refractivity contribution is 0.0520. The third kappa shape index (κ3) is 6.46. The molecule has 0 unspecified atom stereocenters. The van der Waals surface area contributed by atoms with Gasteiger partial charge in [0, 0.05) is 48.0 Å². The molecule has 3 aromatic rings. The van der Waals surface area contributed by atoms with E-state index in [-0.39, 0.29) is 43.1 Å². The number of pyridine rings is 1. The molecular formula is C25H30Cl2N2O3S. The van der Waals surface area contributed by atoms with Crippen LogP contribution < -0.4 is 4.74 Å². The molecule has 1 aromatic heterocycles. The average Bonchev–Trinajstić information content (AvgIpc) is 2.79. The second-order valence-corrected chi connectivity index (χ2v) is 8.86. The van der Waals surface area contributed by atoms with E-state index < -0.39 is 0 Å². The van der Waals surface area contributed by atoms with Crippen LogP contribution in [0.2, 0.25) is 0 Å². The molecule has 33 heavy (non-hydrogen) atoms. The number of fused-ring (bicyclic) bond motifs is 1. The molecule has 0 atom stereocenters. The minimum absolute atomic E-state index is 0. The Labute approximate surface area is 212 Å². The summed E-state index contributed by atoms with van der Waals surface area (Å²) in [4.78, 5) is 19.8. The number of aromatic nitrogens is 1. The topological polar surface area (TPSA) is 51.7 Å². The lowest BCUT2D eigenvalue weighted by Gasteiger charge is -2.32. The zero-order valence-electron chi connectivity index (χ0n) is 19.0. The first-order valence-corrected chi connectivity index (χ1v) is 11.9. The van der Waals surface area contributed by atoms with E-state index in [9.17, 15) is 4.79 Å². The average molecular weight is 509 g/mol. The summed E-state index contributed by atoms with van der Waals surface area (Å²) in [5.74, 6) is 0.843. The molecule has 1 amide bonds. The van der Waals surface area contributed by atoms with E-state index in [0.717, 1.165) is 40.6 Å². The number of halogens is 2. The molecule has 0 aliphatic carbocycles. The van der Waals surface area contributed by atoms with Gasteiger partial charge in [0.15, 0.2) is 0 Å². The molecule has 8 heteroatoms. The number of carbonyl (C=O) groups is 1. The van der Waals surface area contributed by atoms with Gasteiger partial charge in [0.25, 0.3) is 0 Å². The van der Waals surface area contributed by atoms with E-state index in [1.54, 1.807) is 16.7 Å². The van der Waals surface area contributed by atoms with Crippen molar-refractivity contribution in [3.63, 3.8) is 0 Å². The van der Waals surface area contributed by atoms with Crippen molar-refractivity contribution in [3.8, 4) is 16.9 Å². The van der Waals surface area contributed by atoms with E-state index >= 15 is 0 Å². The van der Waals surface area contributed by atoms with Crippen molar-refractivity contribution < 1.29 is 14.3 Å². The summed E-state index contributed by atoms with van der Waals surface area (Å²) in [7, 11) is 0.